The normalized spacial score (nSPS) is 12.2. The van der Waals surface area contributed by atoms with Gasteiger partial charge in [0, 0.05) is 0 Å². The smallest absolute Gasteiger partial charge is 0.237 e. The Bertz CT molecular complexity index is 182. The molecule has 5 nitrogen and oxygen atoms in total. The number of hydrogen-bond acceptors (Lipinski definition) is 3. The average Bonchev–Trinajstić information content (AvgIpc) is 2.10. The summed E-state index contributed by atoms with van der Waals surface area (Å²) in [5.41, 5.74) is 10.4. The van der Waals surface area contributed by atoms with E-state index in [2.05, 4.69) is 5.32 Å². The molecule has 0 aromatic heterocycles. The van der Waals surface area contributed by atoms with Crippen molar-refractivity contribution in [2.45, 2.75) is 32.2 Å². The van der Waals surface area contributed by atoms with Crippen LogP contribution in [0.2, 0.25) is 0 Å². The van der Waals surface area contributed by atoms with Crippen LogP contribution in [0, 0.1) is 0 Å². The van der Waals surface area contributed by atoms with Gasteiger partial charge in [-0.05, 0) is 6.42 Å². The van der Waals surface area contributed by atoms with Gasteiger partial charge in [-0.2, -0.15) is 0 Å². The van der Waals surface area contributed by atoms with E-state index < -0.39 is 11.9 Å². The second-order valence-electron chi connectivity index (χ2n) is 2.93. The van der Waals surface area contributed by atoms with Gasteiger partial charge in [-0.3, -0.25) is 9.59 Å². The fraction of sp³-hybridized carbons (Fsp3) is 0.750. The van der Waals surface area contributed by atoms with E-state index in [-0.39, 0.29) is 12.5 Å². The lowest BCUT2D eigenvalue weighted by Crippen LogP contribution is -2.43. The van der Waals surface area contributed by atoms with E-state index in [1.165, 1.54) is 0 Å². The number of amides is 2. The quantitative estimate of drug-likeness (QED) is 0.503. The van der Waals surface area contributed by atoms with Gasteiger partial charge in [0.05, 0.1) is 12.6 Å². The summed E-state index contributed by atoms with van der Waals surface area (Å²) in [7, 11) is 0. The van der Waals surface area contributed by atoms with Crippen molar-refractivity contribution in [3.63, 3.8) is 0 Å². The molecule has 0 radical (unpaired) electrons. The third-order valence-corrected chi connectivity index (χ3v) is 1.64. The molecule has 0 spiro atoms. The Hall–Kier alpha value is -1.10. The maximum atomic E-state index is 11.1. The number of rotatable bonds is 6. The van der Waals surface area contributed by atoms with Gasteiger partial charge >= 0.3 is 0 Å². The molecule has 1 atom stereocenters. The van der Waals surface area contributed by atoms with Crippen molar-refractivity contribution in [1.29, 1.82) is 0 Å². The Kier molecular flexibility index (Phi) is 5.88. The molecule has 5 heteroatoms. The highest BCUT2D eigenvalue weighted by Crippen LogP contribution is 1.97. The summed E-state index contributed by atoms with van der Waals surface area (Å²) in [6, 6.07) is -0.528. The molecule has 0 aromatic carbocycles. The molecule has 13 heavy (non-hydrogen) atoms. The van der Waals surface area contributed by atoms with Crippen molar-refractivity contribution < 1.29 is 9.59 Å². The van der Waals surface area contributed by atoms with E-state index in [1.807, 2.05) is 6.92 Å². The minimum absolute atomic E-state index is 0.140. The number of hydrogen-bond donors (Lipinski definition) is 3. The highest BCUT2D eigenvalue weighted by Gasteiger charge is 2.12. The molecule has 0 rings (SSSR count). The number of unbranched alkanes of at least 4 members (excludes halogenated alkanes) is 1. The number of primary amides is 1. The van der Waals surface area contributed by atoms with Crippen LogP contribution in [-0.2, 0) is 9.59 Å². The number of carbonyl (C=O) groups excluding carboxylic acids is 2. The molecule has 1 unspecified atom stereocenters. The standard InChI is InChI=1S/C8H17N3O2/c1-2-3-4-6(9)8(13)11-5-7(10)12/h6H,2-5,9H2,1H3,(H2,10,12)(H,11,13). The first-order valence-electron chi connectivity index (χ1n) is 4.39. The largest absolute Gasteiger partial charge is 0.368 e. The molecule has 5 N–H and O–H groups in total. The zero-order valence-electron chi connectivity index (χ0n) is 7.88. The fourth-order valence-electron chi connectivity index (χ4n) is 0.860. The molecule has 0 aliphatic carbocycles. The van der Waals surface area contributed by atoms with E-state index in [4.69, 9.17) is 11.5 Å². The van der Waals surface area contributed by atoms with E-state index in [0.29, 0.717) is 6.42 Å². The maximum absolute atomic E-state index is 11.1. The summed E-state index contributed by atoms with van der Waals surface area (Å²) in [5, 5.41) is 2.35. The monoisotopic (exact) mass is 187 g/mol. The summed E-state index contributed by atoms with van der Waals surface area (Å²) in [4.78, 5) is 21.4. The van der Waals surface area contributed by atoms with Crippen molar-refractivity contribution in [3.8, 4) is 0 Å². The summed E-state index contributed by atoms with van der Waals surface area (Å²) in [6.45, 7) is 1.88. The Balaban J connectivity index is 3.63. The lowest BCUT2D eigenvalue weighted by atomic mass is 10.1. The van der Waals surface area contributed by atoms with E-state index >= 15 is 0 Å². The van der Waals surface area contributed by atoms with Crippen LogP contribution in [0.15, 0.2) is 0 Å². The molecule has 0 bridgehead atoms. The lowest BCUT2D eigenvalue weighted by Gasteiger charge is -2.09. The second-order valence-corrected chi connectivity index (χ2v) is 2.93. The zero-order chi connectivity index (χ0) is 10.3. The molecule has 0 heterocycles. The Morgan fingerprint density at radius 3 is 2.54 bits per heavy atom. The Morgan fingerprint density at radius 2 is 2.08 bits per heavy atom. The lowest BCUT2D eigenvalue weighted by molar-refractivity contribution is -0.125. The van der Waals surface area contributed by atoms with Gasteiger partial charge < -0.3 is 16.8 Å². The Morgan fingerprint density at radius 1 is 1.46 bits per heavy atom. The first-order valence-corrected chi connectivity index (χ1v) is 4.39. The van der Waals surface area contributed by atoms with Gasteiger partial charge in [0.15, 0.2) is 0 Å². The van der Waals surface area contributed by atoms with Crippen molar-refractivity contribution in [2.75, 3.05) is 6.54 Å². The second kappa shape index (κ2) is 6.42. The average molecular weight is 187 g/mol. The summed E-state index contributed by atoms with van der Waals surface area (Å²) in [6.07, 6.45) is 2.54. The van der Waals surface area contributed by atoms with Crippen molar-refractivity contribution >= 4 is 11.8 Å². The molecule has 0 aliphatic rings. The van der Waals surface area contributed by atoms with Crippen LogP contribution in [0.4, 0.5) is 0 Å². The van der Waals surface area contributed by atoms with Gasteiger partial charge in [-0.15, -0.1) is 0 Å². The highest BCUT2D eigenvalue weighted by atomic mass is 16.2. The number of carbonyl (C=O) groups is 2. The maximum Gasteiger partial charge on any atom is 0.237 e. The predicted molar refractivity (Wildman–Crippen MR) is 49.7 cm³/mol. The van der Waals surface area contributed by atoms with Crippen LogP contribution < -0.4 is 16.8 Å². The molecule has 0 aliphatic heterocycles. The first-order chi connectivity index (χ1) is 6.07. The van der Waals surface area contributed by atoms with E-state index in [9.17, 15) is 9.59 Å². The van der Waals surface area contributed by atoms with Crippen LogP contribution in [0.1, 0.15) is 26.2 Å². The van der Waals surface area contributed by atoms with Crippen LogP contribution in [-0.4, -0.2) is 24.4 Å². The van der Waals surface area contributed by atoms with Crippen molar-refractivity contribution in [2.24, 2.45) is 11.5 Å². The Labute approximate surface area is 77.8 Å². The molecular weight excluding hydrogens is 170 g/mol. The van der Waals surface area contributed by atoms with Gasteiger partial charge in [0.2, 0.25) is 11.8 Å². The molecule has 2 amide bonds. The fourth-order valence-corrected chi connectivity index (χ4v) is 0.860. The summed E-state index contributed by atoms with van der Waals surface area (Å²) < 4.78 is 0. The molecule has 0 fully saturated rings. The minimum Gasteiger partial charge on any atom is -0.368 e. The van der Waals surface area contributed by atoms with Gasteiger partial charge in [0.1, 0.15) is 0 Å². The molecule has 0 saturated heterocycles. The van der Waals surface area contributed by atoms with E-state index in [1.54, 1.807) is 0 Å². The van der Waals surface area contributed by atoms with Gasteiger partial charge in [-0.25, -0.2) is 0 Å². The molecule has 0 aromatic rings. The van der Waals surface area contributed by atoms with Crippen molar-refractivity contribution in [1.82, 2.24) is 5.32 Å². The SMILES string of the molecule is CCCCC(N)C(=O)NCC(N)=O. The number of nitrogens with one attached hydrogen (secondary N) is 1. The molecule has 0 saturated carbocycles. The van der Waals surface area contributed by atoms with Crippen LogP contribution in [0.3, 0.4) is 0 Å². The minimum atomic E-state index is -0.559. The van der Waals surface area contributed by atoms with Crippen LogP contribution >= 0.6 is 0 Å². The van der Waals surface area contributed by atoms with Gasteiger partial charge in [0.25, 0.3) is 0 Å². The third-order valence-electron chi connectivity index (χ3n) is 1.64. The van der Waals surface area contributed by atoms with E-state index in [0.717, 1.165) is 12.8 Å². The zero-order valence-corrected chi connectivity index (χ0v) is 7.88. The molecule has 76 valence electrons. The number of nitrogens with two attached hydrogens (primary N) is 2. The predicted octanol–water partition coefficient (Wildman–Crippen LogP) is -0.895. The van der Waals surface area contributed by atoms with Crippen LogP contribution in [0.5, 0.6) is 0 Å². The summed E-state index contributed by atoms with van der Waals surface area (Å²) in [5.74, 6) is -0.872. The van der Waals surface area contributed by atoms with Gasteiger partial charge in [-0.1, -0.05) is 19.8 Å². The highest BCUT2D eigenvalue weighted by molar-refractivity contribution is 5.86. The topological polar surface area (TPSA) is 98.2 Å². The summed E-state index contributed by atoms with van der Waals surface area (Å²) >= 11 is 0. The van der Waals surface area contributed by atoms with Crippen molar-refractivity contribution in [3.05, 3.63) is 0 Å². The molecular formula is C8H17N3O2. The third kappa shape index (κ3) is 6.10. The van der Waals surface area contributed by atoms with Crippen LogP contribution in [0.25, 0.3) is 0 Å². The first kappa shape index (κ1) is 11.9.